The van der Waals surface area contributed by atoms with E-state index in [9.17, 15) is 0 Å². The second-order valence-corrected chi connectivity index (χ2v) is 6.09. The van der Waals surface area contributed by atoms with Crippen LogP contribution in [-0.4, -0.2) is 60.5 Å². The summed E-state index contributed by atoms with van der Waals surface area (Å²) in [7, 11) is 2.22. The molecule has 2 fully saturated rings. The molecule has 1 spiro atoms. The molecule has 0 aromatic carbocycles. The standard InChI is InChI=1S/C11H19N5OS/c1-15-4-5-16(10-14-13-9(12)18-10)8-11(15)2-6-17-7-3-11/h2-8H2,1H3,(H2,12,13). The maximum absolute atomic E-state index is 5.67. The molecule has 0 saturated carbocycles. The van der Waals surface area contributed by atoms with Gasteiger partial charge in [-0.1, -0.05) is 11.3 Å². The first-order valence-electron chi connectivity index (χ1n) is 6.33. The molecule has 3 rings (SSSR count). The lowest BCUT2D eigenvalue weighted by atomic mass is 9.86. The molecule has 7 heteroatoms. The highest BCUT2D eigenvalue weighted by Crippen LogP contribution is 2.33. The minimum atomic E-state index is 0.233. The summed E-state index contributed by atoms with van der Waals surface area (Å²) in [5.74, 6) is 0. The molecule has 0 radical (unpaired) electrons. The average molecular weight is 269 g/mol. The third kappa shape index (κ3) is 2.06. The van der Waals surface area contributed by atoms with Crippen molar-refractivity contribution in [2.24, 2.45) is 0 Å². The smallest absolute Gasteiger partial charge is 0.210 e. The second kappa shape index (κ2) is 4.64. The summed E-state index contributed by atoms with van der Waals surface area (Å²) in [6.45, 7) is 4.77. The zero-order valence-corrected chi connectivity index (χ0v) is 11.4. The molecule has 0 atom stereocenters. The molecule has 6 nitrogen and oxygen atoms in total. The Hall–Kier alpha value is -0.920. The number of piperazine rings is 1. The van der Waals surface area contributed by atoms with Gasteiger partial charge >= 0.3 is 0 Å². The van der Waals surface area contributed by atoms with E-state index in [1.165, 1.54) is 11.3 Å². The summed E-state index contributed by atoms with van der Waals surface area (Å²) in [5, 5.41) is 9.57. The molecular weight excluding hydrogens is 250 g/mol. The third-order valence-electron chi connectivity index (χ3n) is 4.12. The van der Waals surface area contributed by atoms with Crippen molar-refractivity contribution in [3.63, 3.8) is 0 Å². The molecule has 100 valence electrons. The van der Waals surface area contributed by atoms with Gasteiger partial charge in [0.25, 0.3) is 0 Å². The maximum atomic E-state index is 5.67. The van der Waals surface area contributed by atoms with Crippen LogP contribution in [0.3, 0.4) is 0 Å². The topological polar surface area (TPSA) is 67.5 Å². The Labute approximate surface area is 111 Å². The van der Waals surface area contributed by atoms with Crippen molar-refractivity contribution >= 4 is 21.6 Å². The fourth-order valence-electron chi connectivity index (χ4n) is 2.87. The monoisotopic (exact) mass is 269 g/mol. The Bertz CT molecular complexity index is 417. The first-order valence-corrected chi connectivity index (χ1v) is 7.14. The van der Waals surface area contributed by atoms with E-state index < -0.39 is 0 Å². The molecule has 2 N–H and O–H groups in total. The fourth-order valence-corrected chi connectivity index (χ4v) is 3.51. The number of hydrogen-bond acceptors (Lipinski definition) is 7. The highest BCUT2D eigenvalue weighted by molar-refractivity contribution is 7.18. The van der Waals surface area contributed by atoms with E-state index in [2.05, 4.69) is 27.0 Å². The largest absolute Gasteiger partial charge is 0.381 e. The number of nitrogens with two attached hydrogens (primary N) is 1. The normalized spacial score (nSPS) is 24.6. The van der Waals surface area contributed by atoms with Crippen LogP contribution in [0.4, 0.5) is 10.3 Å². The van der Waals surface area contributed by atoms with Gasteiger partial charge in [0.2, 0.25) is 10.3 Å². The van der Waals surface area contributed by atoms with Gasteiger partial charge in [0.1, 0.15) is 0 Å². The van der Waals surface area contributed by atoms with Crippen molar-refractivity contribution in [3.8, 4) is 0 Å². The molecule has 1 aromatic heterocycles. The molecule has 0 amide bonds. The van der Waals surface area contributed by atoms with E-state index in [4.69, 9.17) is 10.5 Å². The predicted molar refractivity (Wildman–Crippen MR) is 71.9 cm³/mol. The van der Waals surface area contributed by atoms with E-state index in [0.717, 1.165) is 50.8 Å². The number of anilines is 2. The first-order chi connectivity index (χ1) is 8.70. The number of likely N-dealkylation sites (N-methyl/N-ethyl adjacent to an activating group) is 1. The Morgan fingerprint density at radius 2 is 2.06 bits per heavy atom. The van der Waals surface area contributed by atoms with E-state index >= 15 is 0 Å². The zero-order valence-electron chi connectivity index (χ0n) is 10.6. The lowest BCUT2D eigenvalue weighted by Crippen LogP contribution is -2.63. The number of nitrogens with zero attached hydrogens (tertiary/aromatic N) is 4. The third-order valence-corrected chi connectivity index (χ3v) is 4.94. The minimum Gasteiger partial charge on any atom is -0.381 e. The highest BCUT2D eigenvalue weighted by atomic mass is 32.1. The number of aromatic nitrogens is 2. The van der Waals surface area contributed by atoms with Crippen LogP contribution in [0.5, 0.6) is 0 Å². The van der Waals surface area contributed by atoms with Crippen molar-refractivity contribution in [1.29, 1.82) is 0 Å². The molecule has 2 aliphatic heterocycles. The van der Waals surface area contributed by atoms with Crippen LogP contribution >= 0.6 is 11.3 Å². The van der Waals surface area contributed by atoms with Gasteiger partial charge in [0.15, 0.2) is 0 Å². The molecule has 3 heterocycles. The molecule has 2 aliphatic rings. The van der Waals surface area contributed by atoms with Gasteiger partial charge in [-0.2, -0.15) is 0 Å². The lowest BCUT2D eigenvalue weighted by Gasteiger charge is -2.51. The van der Waals surface area contributed by atoms with Crippen LogP contribution in [0.25, 0.3) is 0 Å². The van der Waals surface area contributed by atoms with Gasteiger partial charge in [-0.15, -0.1) is 10.2 Å². The van der Waals surface area contributed by atoms with Gasteiger partial charge in [-0.3, -0.25) is 4.90 Å². The summed E-state index contributed by atoms with van der Waals surface area (Å²) in [4.78, 5) is 4.80. The van der Waals surface area contributed by atoms with E-state index in [1.807, 2.05) is 0 Å². The fraction of sp³-hybridized carbons (Fsp3) is 0.818. The minimum absolute atomic E-state index is 0.233. The molecule has 0 bridgehead atoms. The highest BCUT2D eigenvalue weighted by Gasteiger charge is 2.41. The lowest BCUT2D eigenvalue weighted by molar-refractivity contribution is -0.0220. The van der Waals surface area contributed by atoms with Gasteiger partial charge < -0.3 is 15.4 Å². The predicted octanol–water partition coefficient (Wildman–Crippen LogP) is 0.421. The van der Waals surface area contributed by atoms with Gasteiger partial charge in [-0.25, -0.2) is 0 Å². The zero-order chi connectivity index (χ0) is 12.6. The Balaban J connectivity index is 1.79. The second-order valence-electron chi connectivity index (χ2n) is 5.10. The van der Waals surface area contributed by atoms with Crippen molar-refractivity contribution < 1.29 is 4.74 Å². The summed E-state index contributed by atoms with van der Waals surface area (Å²) in [6, 6.07) is 0. The summed E-state index contributed by atoms with van der Waals surface area (Å²) < 4.78 is 5.50. The summed E-state index contributed by atoms with van der Waals surface area (Å²) in [6.07, 6.45) is 2.18. The quantitative estimate of drug-likeness (QED) is 0.797. The van der Waals surface area contributed by atoms with Crippen LogP contribution in [0.15, 0.2) is 0 Å². The van der Waals surface area contributed by atoms with Gasteiger partial charge in [0.05, 0.1) is 0 Å². The van der Waals surface area contributed by atoms with Crippen LogP contribution < -0.4 is 10.6 Å². The molecule has 1 aromatic rings. The molecule has 2 saturated heterocycles. The Morgan fingerprint density at radius 3 is 2.72 bits per heavy atom. The molecule has 18 heavy (non-hydrogen) atoms. The molecule has 0 aliphatic carbocycles. The van der Waals surface area contributed by atoms with Crippen molar-refractivity contribution in [1.82, 2.24) is 15.1 Å². The van der Waals surface area contributed by atoms with E-state index in [1.54, 1.807) is 0 Å². The van der Waals surface area contributed by atoms with Crippen molar-refractivity contribution in [2.75, 3.05) is 50.5 Å². The van der Waals surface area contributed by atoms with Crippen molar-refractivity contribution in [2.45, 2.75) is 18.4 Å². The number of rotatable bonds is 1. The maximum Gasteiger partial charge on any atom is 0.210 e. The van der Waals surface area contributed by atoms with Crippen LogP contribution in [0, 0.1) is 0 Å². The Kier molecular flexibility index (Phi) is 3.13. The van der Waals surface area contributed by atoms with Gasteiger partial charge in [0, 0.05) is 38.4 Å². The van der Waals surface area contributed by atoms with E-state index in [0.29, 0.717) is 5.13 Å². The number of hydrogen-bond donors (Lipinski definition) is 1. The summed E-state index contributed by atoms with van der Waals surface area (Å²) in [5.41, 5.74) is 5.90. The molecular formula is C11H19N5OS. The van der Waals surface area contributed by atoms with Crippen LogP contribution in [0.1, 0.15) is 12.8 Å². The van der Waals surface area contributed by atoms with Crippen LogP contribution in [-0.2, 0) is 4.74 Å². The number of nitrogen functional groups attached to an aromatic ring is 1. The van der Waals surface area contributed by atoms with Crippen LogP contribution in [0.2, 0.25) is 0 Å². The first kappa shape index (κ1) is 12.1. The van der Waals surface area contributed by atoms with E-state index in [-0.39, 0.29) is 5.54 Å². The van der Waals surface area contributed by atoms with Gasteiger partial charge in [-0.05, 0) is 19.9 Å². The number of ether oxygens (including phenoxy) is 1. The summed E-state index contributed by atoms with van der Waals surface area (Å²) >= 11 is 1.47. The van der Waals surface area contributed by atoms with Crippen molar-refractivity contribution in [3.05, 3.63) is 0 Å². The SMILES string of the molecule is CN1CCN(c2nnc(N)s2)CC12CCOCC2. The Morgan fingerprint density at radius 1 is 1.28 bits per heavy atom. The average Bonchev–Trinajstić information content (AvgIpc) is 2.81. The molecule has 0 unspecified atom stereocenters.